The predicted octanol–water partition coefficient (Wildman–Crippen LogP) is 5.63. The lowest BCUT2D eigenvalue weighted by Gasteiger charge is -2.20. The minimum absolute atomic E-state index is 0.0119. The third-order valence-corrected chi connectivity index (χ3v) is 6.40. The highest BCUT2D eigenvalue weighted by Gasteiger charge is 2.22. The fourth-order valence-electron chi connectivity index (χ4n) is 3.75. The van der Waals surface area contributed by atoms with Gasteiger partial charge in [0.2, 0.25) is 5.91 Å². The van der Waals surface area contributed by atoms with Crippen molar-refractivity contribution in [3.63, 3.8) is 0 Å². The van der Waals surface area contributed by atoms with Crippen LogP contribution >= 0.6 is 11.3 Å². The number of fused-ring (bicyclic) bond motifs is 2. The molecule has 0 radical (unpaired) electrons. The number of carbonyl (C=O) groups excluding carboxylic acids is 1. The summed E-state index contributed by atoms with van der Waals surface area (Å²) in [7, 11) is 1.63. The molecule has 2 heterocycles. The van der Waals surface area contributed by atoms with Gasteiger partial charge >= 0.3 is 0 Å². The van der Waals surface area contributed by atoms with E-state index in [0.717, 1.165) is 32.1 Å². The van der Waals surface area contributed by atoms with Crippen LogP contribution in [0.2, 0.25) is 0 Å². The first-order chi connectivity index (χ1) is 15.7. The van der Waals surface area contributed by atoms with E-state index in [4.69, 9.17) is 9.72 Å². The minimum Gasteiger partial charge on any atom is -0.494 e. The Bertz CT molecular complexity index is 1400. The van der Waals surface area contributed by atoms with E-state index in [1.807, 2.05) is 48.5 Å². The van der Waals surface area contributed by atoms with E-state index in [9.17, 15) is 4.79 Å². The van der Waals surface area contributed by atoms with Gasteiger partial charge in [0.1, 0.15) is 11.3 Å². The van der Waals surface area contributed by atoms with Crippen LogP contribution in [0.4, 0.5) is 5.13 Å². The lowest BCUT2D eigenvalue weighted by Crippen LogP contribution is -2.31. The maximum atomic E-state index is 13.5. The van der Waals surface area contributed by atoms with Gasteiger partial charge in [-0.15, -0.1) is 0 Å². The van der Waals surface area contributed by atoms with Gasteiger partial charge in [0.05, 0.1) is 24.8 Å². The number of para-hydroxylation sites is 1. The Hall–Kier alpha value is -3.77. The topological polar surface area (TPSA) is 55.3 Å². The first kappa shape index (κ1) is 20.2. The van der Waals surface area contributed by atoms with Crippen molar-refractivity contribution in [3.8, 4) is 5.75 Å². The highest BCUT2D eigenvalue weighted by atomic mass is 32.1. The Morgan fingerprint density at radius 2 is 1.84 bits per heavy atom. The van der Waals surface area contributed by atoms with Crippen molar-refractivity contribution < 1.29 is 9.53 Å². The molecule has 0 aliphatic heterocycles. The molecule has 5 rings (SSSR count). The summed E-state index contributed by atoms with van der Waals surface area (Å²) in [5.41, 5.74) is 2.69. The van der Waals surface area contributed by atoms with Crippen molar-refractivity contribution in [1.82, 2.24) is 9.97 Å². The van der Waals surface area contributed by atoms with Gasteiger partial charge in [-0.2, -0.15) is 0 Å². The number of hydrogen-bond donors (Lipinski definition) is 0. The molecular weight excluding hydrogens is 418 g/mol. The van der Waals surface area contributed by atoms with Crippen molar-refractivity contribution >= 4 is 43.4 Å². The number of benzene rings is 3. The van der Waals surface area contributed by atoms with Crippen LogP contribution in [-0.4, -0.2) is 23.0 Å². The third kappa shape index (κ3) is 4.05. The molecular formula is C26H21N3O2S. The van der Waals surface area contributed by atoms with Gasteiger partial charge in [0, 0.05) is 12.4 Å². The average molecular weight is 440 g/mol. The molecule has 0 fully saturated rings. The second-order valence-electron chi connectivity index (χ2n) is 7.50. The smallest absolute Gasteiger partial charge is 0.233 e. The van der Waals surface area contributed by atoms with E-state index in [2.05, 4.69) is 29.2 Å². The Morgan fingerprint density at radius 1 is 0.969 bits per heavy atom. The maximum absolute atomic E-state index is 13.5. The van der Waals surface area contributed by atoms with E-state index in [0.29, 0.717) is 17.4 Å². The summed E-state index contributed by atoms with van der Waals surface area (Å²) in [6.07, 6.45) is 3.80. The fourth-order valence-corrected chi connectivity index (χ4v) is 4.75. The number of pyridine rings is 1. The van der Waals surface area contributed by atoms with Gasteiger partial charge in [-0.05, 0) is 40.1 Å². The average Bonchev–Trinajstić information content (AvgIpc) is 3.27. The number of rotatable bonds is 6. The number of methoxy groups -OCH3 is 1. The lowest BCUT2D eigenvalue weighted by molar-refractivity contribution is -0.118. The molecule has 1 amide bonds. The number of ether oxygens (including phenoxy) is 1. The molecule has 3 aromatic carbocycles. The van der Waals surface area contributed by atoms with E-state index >= 15 is 0 Å². The SMILES string of the molecule is COc1cccc2sc(N(Cc3cccnc3)C(=O)Cc3ccc4ccccc4c3)nc12. The Balaban J connectivity index is 1.51. The first-order valence-corrected chi connectivity index (χ1v) is 11.1. The zero-order valence-electron chi connectivity index (χ0n) is 17.6. The summed E-state index contributed by atoms with van der Waals surface area (Å²) in [6, 6.07) is 24.0. The van der Waals surface area contributed by atoms with Gasteiger partial charge in [0.15, 0.2) is 5.13 Å². The molecule has 0 aliphatic carbocycles. The summed E-state index contributed by atoms with van der Waals surface area (Å²) in [5.74, 6) is 0.690. The normalized spacial score (nSPS) is 11.0. The Morgan fingerprint density at radius 3 is 2.66 bits per heavy atom. The zero-order chi connectivity index (χ0) is 21.9. The summed E-state index contributed by atoms with van der Waals surface area (Å²) in [4.78, 5) is 24.2. The molecule has 0 atom stereocenters. The van der Waals surface area contributed by atoms with Crippen molar-refractivity contribution in [2.75, 3.05) is 12.0 Å². The summed E-state index contributed by atoms with van der Waals surface area (Å²) >= 11 is 1.49. The molecule has 0 bridgehead atoms. The number of hydrogen-bond acceptors (Lipinski definition) is 5. The van der Waals surface area contributed by atoms with Crippen LogP contribution in [0.1, 0.15) is 11.1 Å². The van der Waals surface area contributed by atoms with Crippen molar-refractivity contribution in [2.24, 2.45) is 0 Å². The van der Waals surface area contributed by atoms with E-state index < -0.39 is 0 Å². The van der Waals surface area contributed by atoms with Gasteiger partial charge in [-0.25, -0.2) is 4.98 Å². The van der Waals surface area contributed by atoms with E-state index in [-0.39, 0.29) is 12.3 Å². The van der Waals surface area contributed by atoms with E-state index in [1.54, 1.807) is 24.4 Å². The molecule has 5 aromatic rings. The molecule has 2 aromatic heterocycles. The van der Waals surface area contributed by atoms with Crippen molar-refractivity contribution in [3.05, 3.63) is 96.3 Å². The maximum Gasteiger partial charge on any atom is 0.233 e. The van der Waals surface area contributed by atoms with Gasteiger partial charge in [-0.1, -0.05) is 65.9 Å². The fraction of sp³-hybridized carbons (Fsp3) is 0.115. The lowest BCUT2D eigenvalue weighted by atomic mass is 10.0. The molecule has 0 spiro atoms. The monoisotopic (exact) mass is 439 g/mol. The summed E-state index contributed by atoms with van der Waals surface area (Å²) in [5, 5.41) is 2.94. The van der Waals surface area contributed by atoms with Gasteiger partial charge in [0.25, 0.3) is 0 Å². The number of anilines is 1. The third-order valence-electron chi connectivity index (χ3n) is 5.36. The van der Waals surface area contributed by atoms with Crippen LogP contribution in [0.15, 0.2) is 85.2 Å². The number of carbonyl (C=O) groups is 1. The van der Waals surface area contributed by atoms with Crippen LogP contribution < -0.4 is 9.64 Å². The van der Waals surface area contributed by atoms with Crippen LogP contribution in [0.25, 0.3) is 21.0 Å². The molecule has 0 N–H and O–H groups in total. The number of aromatic nitrogens is 2. The largest absolute Gasteiger partial charge is 0.494 e. The van der Waals surface area contributed by atoms with Gasteiger partial charge in [-0.3, -0.25) is 14.7 Å². The molecule has 0 saturated carbocycles. The number of thiazole rings is 1. The van der Waals surface area contributed by atoms with E-state index in [1.165, 1.54) is 11.3 Å². The number of nitrogens with zero attached hydrogens (tertiary/aromatic N) is 3. The van der Waals surface area contributed by atoms with Crippen LogP contribution in [0.3, 0.4) is 0 Å². The Kier molecular flexibility index (Phi) is 5.52. The minimum atomic E-state index is -0.0119. The highest BCUT2D eigenvalue weighted by Crippen LogP contribution is 2.35. The van der Waals surface area contributed by atoms with Crippen molar-refractivity contribution in [1.29, 1.82) is 0 Å². The van der Waals surface area contributed by atoms with Crippen LogP contribution in [0, 0.1) is 0 Å². The van der Waals surface area contributed by atoms with Crippen molar-refractivity contribution in [2.45, 2.75) is 13.0 Å². The summed E-state index contributed by atoms with van der Waals surface area (Å²) in [6.45, 7) is 0.405. The predicted molar refractivity (Wildman–Crippen MR) is 129 cm³/mol. The molecule has 0 unspecified atom stereocenters. The molecule has 5 nitrogen and oxygen atoms in total. The Labute approximate surface area is 189 Å². The second kappa shape index (κ2) is 8.77. The molecule has 0 saturated heterocycles. The quantitative estimate of drug-likeness (QED) is 0.344. The standard InChI is InChI=1S/C26H21N3O2S/c1-31-22-9-4-10-23-25(22)28-26(32-23)29(17-19-6-5-13-27-16-19)24(30)15-18-11-12-20-7-2-3-8-21(20)14-18/h2-14,16H,15,17H2,1H3. The highest BCUT2D eigenvalue weighted by molar-refractivity contribution is 7.22. The first-order valence-electron chi connectivity index (χ1n) is 10.3. The molecule has 6 heteroatoms. The molecule has 158 valence electrons. The van der Waals surface area contributed by atoms with Crippen LogP contribution in [0.5, 0.6) is 5.75 Å². The molecule has 32 heavy (non-hydrogen) atoms. The molecule has 0 aliphatic rings. The zero-order valence-corrected chi connectivity index (χ0v) is 18.4. The second-order valence-corrected chi connectivity index (χ2v) is 8.51. The van der Waals surface area contributed by atoms with Crippen LogP contribution in [-0.2, 0) is 17.8 Å². The number of amides is 1. The summed E-state index contributed by atoms with van der Waals surface area (Å²) < 4.78 is 6.45. The van der Waals surface area contributed by atoms with Gasteiger partial charge < -0.3 is 4.74 Å².